The van der Waals surface area contributed by atoms with Crippen LogP contribution < -0.4 is 5.32 Å². The number of ether oxygens (including phenoxy) is 1. The van der Waals surface area contributed by atoms with Gasteiger partial charge in [-0.05, 0) is 38.7 Å². The number of carbonyl (C=O) groups excluding carboxylic acids is 3. The second kappa shape index (κ2) is 7.44. The predicted molar refractivity (Wildman–Crippen MR) is 85.2 cm³/mol. The molecule has 2 N–H and O–H groups in total. The maximum Gasteiger partial charge on any atom is 0.355 e. The number of hydrogen-bond donors (Lipinski definition) is 2. The summed E-state index contributed by atoms with van der Waals surface area (Å²) in [5.74, 6) is -0.623. The van der Waals surface area contributed by atoms with Gasteiger partial charge in [-0.2, -0.15) is 0 Å². The number of nitrogens with one attached hydrogen (secondary N) is 2. The zero-order chi connectivity index (χ0) is 17.0. The lowest BCUT2D eigenvalue weighted by atomic mass is 9.86. The molecule has 1 amide bonds. The first-order chi connectivity index (χ1) is 10.9. The number of hydrogen-bond acceptors (Lipinski definition) is 4. The van der Waals surface area contributed by atoms with E-state index in [0.29, 0.717) is 11.5 Å². The Bertz CT molecular complexity index is 593. The average Bonchev–Trinajstić information content (AvgIpc) is 2.99. The molecule has 0 saturated heterocycles. The van der Waals surface area contributed by atoms with E-state index in [-0.39, 0.29) is 23.4 Å². The quantitative estimate of drug-likeness (QED) is 0.644. The molecule has 0 spiro atoms. The fourth-order valence-corrected chi connectivity index (χ4v) is 2.82. The van der Waals surface area contributed by atoms with Crippen molar-refractivity contribution in [3.8, 4) is 0 Å². The summed E-state index contributed by atoms with van der Waals surface area (Å²) in [6.07, 6.45) is 4.96. The molecule has 0 aliphatic heterocycles. The number of amides is 1. The van der Waals surface area contributed by atoms with E-state index in [4.69, 9.17) is 4.74 Å². The van der Waals surface area contributed by atoms with Crippen LogP contribution in [-0.2, 0) is 9.53 Å². The van der Waals surface area contributed by atoms with E-state index in [9.17, 15) is 14.4 Å². The van der Waals surface area contributed by atoms with E-state index in [1.807, 2.05) is 0 Å². The third kappa shape index (κ3) is 4.43. The van der Waals surface area contributed by atoms with Gasteiger partial charge in [0.1, 0.15) is 5.69 Å². The summed E-state index contributed by atoms with van der Waals surface area (Å²) in [4.78, 5) is 38.1. The number of aromatic nitrogens is 1. The first-order valence-corrected chi connectivity index (χ1v) is 8.09. The molecule has 0 aromatic carbocycles. The lowest BCUT2D eigenvalue weighted by molar-refractivity contribution is -0.130. The average molecular weight is 320 g/mol. The van der Waals surface area contributed by atoms with Crippen molar-refractivity contribution in [2.24, 2.45) is 5.92 Å². The third-order valence-electron chi connectivity index (χ3n) is 4.40. The van der Waals surface area contributed by atoms with E-state index in [0.717, 1.165) is 19.3 Å². The largest absolute Gasteiger partial charge is 0.448 e. The summed E-state index contributed by atoms with van der Waals surface area (Å²) in [6.45, 7) is 5.10. The van der Waals surface area contributed by atoms with Gasteiger partial charge in [0.25, 0.3) is 5.91 Å². The Morgan fingerprint density at radius 2 is 2.00 bits per heavy atom. The molecular weight excluding hydrogens is 296 g/mol. The van der Waals surface area contributed by atoms with Gasteiger partial charge < -0.3 is 15.0 Å². The highest BCUT2D eigenvalue weighted by molar-refractivity contribution is 5.98. The van der Waals surface area contributed by atoms with Crippen LogP contribution in [0.4, 0.5) is 0 Å². The fraction of sp³-hybridized carbons (Fsp3) is 0.588. The highest BCUT2D eigenvalue weighted by Crippen LogP contribution is 2.23. The minimum atomic E-state index is -0.874. The van der Waals surface area contributed by atoms with Crippen LogP contribution in [0.15, 0.2) is 12.3 Å². The van der Waals surface area contributed by atoms with E-state index in [1.54, 1.807) is 6.92 Å². The number of esters is 1. The number of Topliss-reactive ketones (excluding diaryl/α,β-unsaturated/α-hetero) is 1. The molecule has 1 fully saturated rings. The van der Waals surface area contributed by atoms with Crippen molar-refractivity contribution in [3.05, 3.63) is 23.5 Å². The Kier molecular flexibility index (Phi) is 5.58. The van der Waals surface area contributed by atoms with Crippen LogP contribution in [0.1, 0.15) is 67.3 Å². The van der Waals surface area contributed by atoms with Gasteiger partial charge in [0.2, 0.25) is 0 Å². The number of carbonyl (C=O) groups is 3. The zero-order valence-electron chi connectivity index (χ0n) is 13.8. The van der Waals surface area contributed by atoms with Crippen LogP contribution in [0.2, 0.25) is 0 Å². The van der Waals surface area contributed by atoms with Crippen LogP contribution >= 0.6 is 0 Å². The highest BCUT2D eigenvalue weighted by atomic mass is 16.5. The van der Waals surface area contributed by atoms with Gasteiger partial charge in [-0.15, -0.1) is 0 Å². The van der Waals surface area contributed by atoms with Gasteiger partial charge in [-0.3, -0.25) is 9.59 Å². The molecule has 6 heteroatoms. The number of aromatic amines is 1. The minimum absolute atomic E-state index is 0.141. The first-order valence-electron chi connectivity index (χ1n) is 8.09. The monoisotopic (exact) mass is 320 g/mol. The minimum Gasteiger partial charge on any atom is -0.448 e. The fourth-order valence-electron chi connectivity index (χ4n) is 2.82. The first kappa shape index (κ1) is 17.2. The Balaban J connectivity index is 1.89. The zero-order valence-corrected chi connectivity index (χ0v) is 13.8. The summed E-state index contributed by atoms with van der Waals surface area (Å²) in [6, 6.07) is 1.57. The SMILES string of the molecule is CC(=O)c1c[nH]c(C(=O)O[C@H](C)C(=O)N[C@H]2CCCC[C@H]2C)c1. The van der Waals surface area contributed by atoms with Gasteiger partial charge >= 0.3 is 5.97 Å². The summed E-state index contributed by atoms with van der Waals surface area (Å²) >= 11 is 0. The van der Waals surface area contributed by atoms with Crippen LogP contribution in [0.5, 0.6) is 0 Å². The molecule has 6 nitrogen and oxygen atoms in total. The predicted octanol–water partition coefficient (Wildman–Crippen LogP) is 2.46. The van der Waals surface area contributed by atoms with Gasteiger partial charge in [-0.25, -0.2) is 4.79 Å². The van der Waals surface area contributed by atoms with Gasteiger partial charge in [-0.1, -0.05) is 19.8 Å². The van der Waals surface area contributed by atoms with Crippen LogP contribution in [0, 0.1) is 5.92 Å². The molecule has 0 bridgehead atoms. The molecule has 1 aliphatic carbocycles. The Hall–Kier alpha value is -2.11. The lowest BCUT2D eigenvalue weighted by Gasteiger charge is -2.30. The van der Waals surface area contributed by atoms with Crippen molar-refractivity contribution < 1.29 is 19.1 Å². The van der Waals surface area contributed by atoms with Gasteiger partial charge in [0.15, 0.2) is 11.9 Å². The molecule has 1 aromatic rings. The Morgan fingerprint density at radius 1 is 1.30 bits per heavy atom. The molecule has 3 atom stereocenters. The van der Waals surface area contributed by atoms with Crippen molar-refractivity contribution in [2.45, 2.75) is 58.6 Å². The van der Waals surface area contributed by atoms with Gasteiger partial charge in [0.05, 0.1) is 0 Å². The summed E-state index contributed by atoms with van der Waals surface area (Å²) in [7, 11) is 0. The maximum atomic E-state index is 12.2. The third-order valence-corrected chi connectivity index (χ3v) is 4.40. The molecule has 1 heterocycles. The van der Waals surface area contributed by atoms with Crippen molar-refractivity contribution >= 4 is 17.7 Å². The summed E-state index contributed by atoms with van der Waals surface area (Å²) < 4.78 is 5.17. The van der Waals surface area contributed by atoms with Gasteiger partial charge in [0, 0.05) is 17.8 Å². The van der Waals surface area contributed by atoms with Crippen LogP contribution in [-0.4, -0.2) is 34.8 Å². The van der Waals surface area contributed by atoms with Crippen molar-refractivity contribution in [1.82, 2.24) is 10.3 Å². The second-order valence-electron chi connectivity index (χ2n) is 6.28. The lowest BCUT2D eigenvalue weighted by Crippen LogP contribution is -2.46. The standard InChI is InChI=1S/C17H24N2O4/c1-10-6-4-5-7-14(10)19-16(21)12(3)23-17(22)15-8-13(9-18-15)11(2)20/h8-10,12,14,18H,4-7H2,1-3H3,(H,19,21)/t10-,12-,14+/m1/s1. The number of H-pyrrole nitrogens is 1. The smallest absolute Gasteiger partial charge is 0.355 e. The summed E-state index contributed by atoms with van der Waals surface area (Å²) in [5, 5.41) is 2.97. The van der Waals surface area contributed by atoms with Crippen molar-refractivity contribution in [1.29, 1.82) is 0 Å². The van der Waals surface area contributed by atoms with Crippen molar-refractivity contribution in [2.75, 3.05) is 0 Å². The van der Waals surface area contributed by atoms with Crippen LogP contribution in [0.25, 0.3) is 0 Å². The second-order valence-corrected chi connectivity index (χ2v) is 6.28. The molecule has 2 rings (SSSR count). The molecule has 1 aliphatic rings. The topological polar surface area (TPSA) is 88.3 Å². The highest BCUT2D eigenvalue weighted by Gasteiger charge is 2.26. The Labute approximate surface area is 136 Å². The van der Waals surface area contributed by atoms with Crippen molar-refractivity contribution in [3.63, 3.8) is 0 Å². The molecule has 23 heavy (non-hydrogen) atoms. The molecule has 1 saturated carbocycles. The molecular formula is C17H24N2O4. The van der Waals surface area contributed by atoms with Crippen LogP contribution in [0.3, 0.4) is 0 Å². The Morgan fingerprint density at radius 3 is 2.61 bits per heavy atom. The van der Waals surface area contributed by atoms with E-state index < -0.39 is 12.1 Å². The molecule has 0 unspecified atom stereocenters. The normalized spacial score (nSPS) is 22.2. The number of rotatable bonds is 5. The van der Waals surface area contributed by atoms with E-state index >= 15 is 0 Å². The van der Waals surface area contributed by atoms with E-state index in [2.05, 4.69) is 17.2 Å². The molecule has 1 aromatic heterocycles. The molecule has 0 radical (unpaired) electrons. The number of ketones is 1. The maximum absolute atomic E-state index is 12.2. The summed E-state index contributed by atoms with van der Waals surface area (Å²) in [5.41, 5.74) is 0.575. The van der Waals surface area contributed by atoms with E-state index in [1.165, 1.54) is 25.6 Å². The molecule has 126 valence electrons.